The Hall–Kier alpha value is -3.35. The van der Waals surface area contributed by atoms with E-state index in [1.807, 2.05) is 37.3 Å². The summed E-state index contributed by atoms with van der Waals surface area (Å²) in [6.45, 7) is 2.93. The standard InChI is InChI=1S/C27H27ClN2O4/c1-18-3-8-22(17-24(18)28)29-25(31)19-4-9-21(10-5-19)30-26(32)27(13-15-34-16-14-27)20-6-11-23(33-2)12-7-20/h3-12,17H,13-16H2,1-2H3,(H,29,31)(H,30,32). The molecule has 3 aromatic carbocycles. The number of rotatable bonds is 6. The summed E-state index contributed by atoms with van der Waals surface area (Å²) in [5.74, 6) is 0.400. The molecule has 1 aliphatic rings. The van der Waals surface area contributed by atoms with Gasteiger partial charge in [-0.1, -0.05) is 29.8 Å². The highest BCUT2D eigenvalue weighted by Gasteiger charge is 2.41. The molecule has 1 heterocycles. The Morgan fingerprint density at radius 1 is 0.912 bits per heavy atom. The topological polar surface area (TPSA) is 76.7 Å². The minimum atomic E-state index is -0.689. The zero-order valence-electron chi connectivity index (χ0n) is 19.2. The highest BCUT2D eigenvalue weighted by molar-refractivity contribution is 6.31. The van der Waals surface area contributed by atoms with Crippen molar-refractivity contribution in [2.24, 2.45) is 0 Å². The fraction of sp³-hybridized carbons (Fsp3) is 0.259. The molecule has 0 aromatic heterocycles. The predicted octanol–water partition coefficient (Wildman–Crippen LogP) is 5.60. The molecule has 4 rings (SSSR count). The van der Waals surface area contributed by atoms with Crippen LogP contribution in [-0.4, -0.2) is 32.1 Å². The molecule has 0 unspecified atom stereocenters. The molecular weight excluding hydrogens is 452 g/mol. The summed E-state index contributed by atoms with van der Waals surface area (Å²) in [5, 5.41) is 6.47. The molecule has 2 N–H and O–H groups in total. The van der Waals surface area contributed by atoms with Crippen molar-refractivity contribution in [3.05, 3.63) is 88.4 Å². The van der Waals surface area contributed by atoms with E-state index in [0.717, 1.165) is 16.9 Å². The lowest BCUT2D eigenvalue weighted by Crippen LogP contribution is -2.44. The Balaban J connectivity index is 1.48. The van der Waals surface area contributed by atoms with Crippen LogP contribution >= 0.6 is 11.6 Å². The van der Waals surface area contributed by atoms with Crippen molar-refractivity contribution in [1.29, 1.82) is 0 Å². The predicted molar refractivity (Wildman–Crippen MR) is 134 cm³/mol. The smallest absolute Gasteiger partial charge is 0.255 e. The van der Waals surface area contributed by atoms with Crippen LogP contribution in [0.2, 0.25) is 5.02 Å². The van der Waals surface area contributed by atoms with Crippen LogP contribution in [0.15, 0.2) is 66.7 Å². The number of carbonyl (C=O) groups excluding carboxylic acids is 2. The van der Waals surface area contributed by atoms with Gasteiger partial charge in [-0.05, 0) is 79.4 Å². The molecule has 176 valence electrons. The molecule has 3 aromatic rings. The van der Waals surface area contributed by atoms with Gasteiger partial charge in [-0.3, -0.25) is 9.59 Å². The molecule has 0 aliphatic carbocycles. The van der Waals surface area contributed by atoms with E-state index in [-0.39, 0.29) is 11.8 Å². The summed E-state index contributed by atoms with van der Waals surface area (Å²) in [6, 6.07) is 19.8. The quantitative estimate of drug-likeness (QED) is 0.483. The number of benzene rings is 3. The molecule has 7 heteroatoms. The van der Waals surface area contributed by atoms with Crippen LogP contribution in [0.25, 0.3) is 0 Å². The molecule has 34 heavy (non-hydrogen) atoms. The van der Waals surface area contributed by atoms with Crippen molar-refractivity contribution in [3.8, 4) is 5.75 Å². The molecule has 2 amide bonds. The van der Waals surface area contributed by atoms with E-state index in [1.165, 1.54) is 0 Å². The van der Waals surface area contributed by atoms with E-state index in [2.05, 4.69) is 10.6 Å². The third-order valence-electron chi connectivity index (χ3n) is 6.26. The third-order valence-corrected chi connectivity index (χ3v) is 6.67. The summed E-state index contributed by atoms with van der Waals surface area (Å²) in [6.07, 6.45) is 1.18. The molecule has 0 atom stereocenters. The van der Waals surface area contributed by atoms with Gasteiger partial charge in [-0.25, -0.2) is 0 Å². The second kappa shape index (κ2) is 10.3. The van der Waals surface area contributed by atoms with Crippen molar-refractivity contribution in [3.63, 3.8) is 0 Å². The van der Waals surface area contributed by atoms with Crippen molar-refractivity contribution in [1.82, 2.24) is 0 Å². The Kier molecular flexibility index (Phi) is 7.20. The number of nitrogens with one attached hydrogen (secondary N) is 2. The summed E-state index contributed by atoms with van der Waals surface area (Å²) >= 11 is 6.14. The fourth-order valence-corrected chi connectivity index (χ4v) is 4.29. The number of hydrogen-bond donors (Lipinski definition) is 2. The van der Waals surface area contributed by atoms with E-state index >= 15 is 0 Å². The SMILES string of the molecule is COc1ccc(C2(C(=O)Nc3ccc(C(=O)Nc4ccc(C)c(Cl)c4)cc3)CCOCC2)cc1. The zero-order valence-corrected chi connectivity index (χ0v) is 19.9. The van der Waals surface area contributed by atoms with Gasteiger partial charge in [0.15, 0.2) is 0 Å². The molecule has 0 radical (unpaired) electrons. The first kappa shape index (κ1) is 23.8. The molecule has 0 saturated carbocycles. The van der Waals surface area contributed by atoms with Gasteiger partial charge in [-0.2, -0.15) is 0 Å². The Bertz CT molecular complexity index is 1170. The van der Waals surface area contributed by atoms with Crippen LogP contribution in [-0.2, 0) is 14.9 Å². The lowest BCUT2D eigenvalue weighted by molar-refractivity contribution is -0.125. The monoisotopic (exact) mass is 478 g/mol. The number of ether oxygens (including phenoxy) is 2. The van der Waals surface area contributed by atoms with Crippen LogP contribution in [0.3, 0.4) is 0 Å². The Morgan fingerprint density at radius 2 is 1.56 bits per heavy atom. The number of anilines is 2. The maximum Gasteiger partial charge on any atom is 0.255 e. The molecule has 1 fully saturated rings. The van der Waals surface area contributed by atoms with Crippen molar-refractivity contribution >= 4 is 34.8 Å². The number of carbonyl (C=O) groups is 2. The van der Waals surface area contributed by atoms with E-state index in [4.69, 9.17) is 21.1 Å². The minimum absolute atomic E-state index is 0.0903. The van der Waals surface area contributed by atoms with Gasteiger partial charge in [0, 0.05) is 35.2 Å². The number of hydrogen-bond acceptors (Lipinski definition) is 4. The van der Waals surface area contributed by atoms with Crippen LogP contribution < -0.4 is 15.4 Å². The van der Waals surface area contributed by atoms with Crippen molar-refractivity contribution in [2.75, 3.05) is 31.0 Å². The summed E-state index contributed by atoms with van der Waals surface area (Å²) in [7, 11) is 1.62. The average molecular weight is 479 g/mol. The molecule has 0 bridgehead atoms. The first-order valence-corrected chi connectivity index (χ1v) is 11.5. The molecule has 6 nitrogen and oxygen atoms in total. The molecule has 1 aliphatic heterocycles. The first-order valence-electron chi connectivity index (χ1n) is 11.1. The first-order chi connectivity index (χ1) is 16.4. The second-order valence-electron chi connectivity index (χ2n) is 8.37. The van der Waals surface area contributed by atoms with Crippen molar-refractivity contribution in [2.45, 2.75) is 25.2 Å². The summed E-state index contributed by atoms with van der Waals surface area (Å²) < 4.78 is 10.8. The van der Waals surface area contributed by atoms with E-state index in [0.29, 0.717) is 48.0 Å². The molecular formula is C27H27ClN2O4. The van der Waals surface area contributed by atoms with Gasteiger partial charge >= 0.3 is 0 Å². The summed E-state index contributed by atoms with van der Waals surface area (Å²) in [4.78, 5) is 26.1. The number of halogens is 1. The summed E-state index contributed by atoms with van der Waals surface area (Å²) in [5.41, 5.74) is 2.91. The minimum Gasteiger partial charge on any atom is -0.497 e. The zero-order chi connectivity index (χ0) is 24.1. The van der Waals surface area contributed by atoms with Gasteiger partial charge in [0.2, 0.25) is 5.91 Å². The van der Waals surface area contributed by atoms with Gasteiger partial charge in [-0.15, -0.1) is 0 Å². The maximum absolute atomic E-state index is 13.5. The molecule has 1 saturated heterocycles. The van der Waals surface area contributed by atoms with Crippen LogP contribution in [0, 0.1) is 6.92 Å². The van der Waals surface area contributed by atoms with Crippen LogP contribution in [0.1, 0.15) is 34.3 Å². The van der Waals surface area contributed by atoms with Crippen molar-refractivity contribution < 1.29 is 19.1 Å². The van der Waals surface area contributed by atoms with Gasteiger partial charge in [0.1, 0.15) is 5.75 Å². The van der Waals surface area contributed by atoms with E-state index in [9.17, 15) is 9.59 Å². The van der Waals surface area contributed by atoms with Crippen LogP contribution in [0.4, 0.5) is 11.4 Å². The Labute approximate surface area is 204 Å². The van der Waals surface area contributed by atoms with Crippen LogP contribution in [0.5, 0.6) is 5.75 Å². The number of aryl methyl sites for hydroxylation is 1. The van der Waals surface area contributed by atoms with Gasteiger partial charge in [0.05, 0.1) is 12.5 Å². The normalized spacial score (nSPS) is 14.8. The number of methoxy groups -OCH3 is 1. The maximum atomic E-state index is 13.5. The van der Waals surface area contributed by atoms with E-state index in [1.54, 1.807) is 43.5 Å². The molecule has 0 spiro atoms. The van der Waals surface area contributed by atoms with Gasteiger partial charge < -0.3 is 20.1 Å². The second-order valence-corrected chi connectivity index (χ2v) is 8.78. The number of amides is 2. The lowest BCUT2D eigenvalue weighted by atomic mass is 9.73. The largest absolute Gasteiger partial charge is 0.497 e. The average Bonchev–Trinajstić information content (AvgIpc) is 2.87. The lowest BCUT2D eigenvalue weighted by Gasteiger charge is -2.36. The Morgan fingerprint density at radius 3 is 2.18 bits per heavy atom. The third kappa shape index (κ3) is 5.08. The highest BCUT2D eigenvalue weighted by Crippen LogP contribution is 2.37. The van der Waals surface area contributed by atoms with E-state index < -0.39 is 5.41 Å². The van der Waals surface area contributed by atoms with Gasteiger partial charge in [0.25, 0.3) is 5.91 Å². The fourth-order valence-electron chi connectivity index (χ4n) is 4.11. The highest BCUT2D eigenvalue weighted by atomic mass is 35.5.